The van der Waals surface area contributed by atoms with E-state index in [1.807, 2.05) is 0 Å². The summed E-state index contributed by atoms with van der Waals surface area (Å²) in [6, 6.07) is 17.3. The maximum Gasteiger partial charge on any atom is 0 e. The van der Waals surface area contributed by atoms with Gasteiger partial charge in [-0.05, 0) is 28.7 Å². The minimum Gasteiger partial charge on any atom is -0.0619 e. The average molecular weight is 230 g/mol. The molecule has 0 saturated heterocycles. The van der Waals surface area contributed by atoms with Gasteiger partial charge in [0.1, 0.15) is 0 Å². The third-order valence-corrected chi connectivity index (χ3v) is 2.71. The summed E-state index contributed by atoms with van der Waals surface area (Å²) in [5, 5.41) is 0. The fraction of sp³-hybridized carbons (Fsp3) is 0.0769. The zero-order valence-corrected chi connectivity index (χ0v) is 8.57. The Morgan fingerprint density at radius 3 is 1.57 bits per heavy atom. The molecule has 3 rings (SSSR count). The van der Waals surface area contributed by atoms with Crippen LogP contribution in [0.4, 0.5) is 0 Å². The largest absolute Gasteiger partial charge is 0.0619 e. The van der Waals surface area contributed by atoms with Crippen molar-refractivity contribution in [3.05, 3.63) is 59.7 Å². The molecule has 14 heavy (non-hydrogen) atoms. The second-order valence-corrected chi connectivity index (χ2v) is 3.49. The second kappa shape index (κ2) is 3.61. The summed E-state index contributed by atoms with van der Waals surface area (Å²) in [4.78, 5) is 0. The van der Waals surface area contributed by atoms with Crippen molar-refractivity contribution < 1.29 is 17.1 Å². The van der Waals surface area contributed by atoms with Crippen molar-refractivity contribution in [3.63, 3.8) is 0 Å². The molecule has 0 aliphatic heterocycles. The van der Waals surface area contributed by atoms with Crippen LogP contribution >= 0.6 is 0 Å². The SMILES string of the molecule is [Cu].c1ccc2c(c1)Cc1ccccc1-2. The molecule has 0 fully saturated rings. The van der Waals surface area contributed by atoms with Crippen molar-refractivity contribution >= 4 is 0 Å². The molecular formula is C13H10Cu. The van der Waals surface area contributed by atoms with Gasteiger partial charge in [-0.1, -0.05) is 48.5 Å². The summed E-state index contributed by atoms with van der Waals surface area (Å²) in [5.41, 5.74) is 5.75. The van der Waals surface area contributed by atoms with Crippen LogP contribution in [0.1, 0.15) is 11.1 Å². The molecule has 1 heteroatoms. The molecule has 0 heterocycles. The van der Waals surface area contributed by atoms with Crippen LogP contribution in [0.15, 0.2) is 48.5 Å². The van der Waals surface area contributed by atoms with Crippen molar-refractivity contribution in [2.24, 2.45) is 0 Å². The molecule has 0 unspecified atom stereocenters. The van der Waals surface area contributed by atoms with Crippen LogP contribution in [0, 0.1) is 0 Å². The molecule has 1 aliphatic carbocycles. The monoisotopic (exact) mass is 229 g/mol. The van der Waals surface area contributed by atoms with E-state index in [0.717, 1.165) is 6.42 Å². The average Bonchev–Trinajstić information content (AvgIpc) is 2.56. The molecule has 0 atom stereocenters. The second-order valence-electron chi connectivity index (χ2n) is 3.49. The van der Waals surface area contributed by atoms with Crippen LogP contribution in [-0.2, 0) is 23.5 Å². The maximum absolute atomic E-state index is 2.22. The van der Waals surface area contributed by atoms with Crippen molar-refractivity contribution in [3.8, 4) is 11.1 Å². The Morgan fingerprint density at radius 2 is 1.07 bits per heavy atom. The Balaban J connectivity index is 0.000000750. The van der Waals surface area contributed by atoms with Crippen LogP contribution in [0.25, 0.3) is 11.1 Å². The fourth-order valence-electron chi connectivity index (χ4n) is 2.08. The van der Waals surface area contributed by atoms with Gasteiger partial charge in [-0.25, -0.2) is 0 Å². The van der Waals surface area contributed by atoms with E-state index < -0.39 is 0 Å². The Bertz CT molecular complexity index is 417. The summed E-state index contributed by atoms with van der Waals surface area (Å²) in [5.74, 6) is 0. The molecule has 2 aromatic rings. The van der Waals surface area contributed by atoms with Gasteiger partial charge < -0.3 is 0 Å². The third-order valence-electron chi connectivity index (χ3n) is 2.71. The summed E-state index contributed by atoms with van der Waals surface area (Å²) in [7, 11) is 0. The van der Waals surface area contributed by atoms with E-state index in [1.165, 1.54) is 22.3 Å². The van der Waals surface area contributed by atoms with Gasteiger partial charge >= 0.3 is 0 Å². The maximum atomic E-state index is 2.22. The molecule has 1 radical (unpaired) electrons. The first-order valence-electron chi connectivity index (χ1n) is 4.61. The Morgan fingerprint density at radius 1 is 0.643 bits per heavy atom. The van der Waals surface area contributed by atoms with Crippen molar-refractivity contribution in [2.75, 3.05) is 0 Å². The number of benzene rings is 2. The first kappa shape index (κ1) is 9.51. The minimum atomic E-state index is 0. The van der Waals surface area contributed by atoms with Gasteiger partial charge in [-0.2, -0.15) is 0 Å². The summed E-state index contributed by atoms with van der Waals surface area (Å²) < 4.78 is 0. The number of rotatable bonds is 0. The van der Waals surface area contributed by atoms with Gasteiger partial charge in [-0.15, -0.1) is 0 Å². The van der Waals surface area contributed by atoms with Gasteiger partial charge in [0.05, 0.1) is 0 Å². The van der Waals surface area contributed by atoms with E-state index in [0.29, 0.717) is 0 Å². The smallest absolute Gasteiger partial charge is 0 e. The number of hydrogen-bond acceptors (Lipinski definition) is 0. The topological polar surface area (TPSA) is 0 Å². The molecule has 0 spiro atoms. The molecule has 0 bridgehead atoms. The van der Waals surface area contributed by atoms with Crippen molar-refractivity contribution in [1.29, 1.82) is 0 Å². The zero-order chi connectivity index (χ0) is 8.67. The molecule has 0 N–H and O–H groups in total. The standard InChI is InChI=1S/C13H10.Cu/c1-3-7-12-10(5-1)9-11-6-2-4-8-13(11)12;/h1-8H,9H2;. The quantitative estimate of drug-likeness (QED) is 0.519. The van der Waals surface area contributed by atoms with Crippen LogP contribution in [0.2, 0.25) is 0 Å². The van der Waals surface area contributed by atoms with E-state index >= 15 is 0 Å². The molecule has 0 aromatic heterocycles. The van der Waals surface area contributed by atoms with E-state index in [9.17, 15) is 0 Å². The van der Waals surface area contributed by atoms with E-state index in [4.69, 9.17) is 0 Å². The van der Waals surface area contributed by atoms with Crippen LogP contribution in [-0.4, -0.2) is 0 Å². The summed E-state index contributed by atoms with van der Waals surface area (Å²) in [6.45, 7) is 0. The minimum absolute atomic E-state index is 0. The number of hydrogen-bond donors (Lipinski definition) is 0. The van der Waals surface area contributed by atoms with E-state index in [1.54, 1.807) is 0 Å². The predicted octanol–water partition coefficient (Wildman–Crippen LogP) is 3.26. The third kappa shape index (κ3) is 1.30. The van der Waals surface area contributed by atoms with Crippen LogP contribution < -0.4 is 0 Å². The van der Waals surface area contributed by atoms with E-state index in [-0.39, 0.29) is 17.1 Å². The molecule has 1 aliphatic rings. The summed E-state index contributed by atoms with van der Waals surface area (Å²) in [6.07, 6.45) is 1.10. The molecule has 2 aromatic carbocycles. The van der Waals surface area contributed by atoms with Gasteiger partial charge in [0.15, 0.2) is 0 Å². The molecule has 0 saturated carbocycles. The normalized spacial score (nSPS) is 11.4. The van der Waals surface area contributed by atoms with Gasteiger partial charge in [0, 0.05) is 17.1 Å². The zero-order valence-electron chi connectivity index (χ0n) is 7.63. The molecule has 73 valence electrons. The van der Waals surface area contributed by atoms with Crippen molar-refractivity contribution in [2.45, 2.75) is 6.42 Å². The first-order valence-corrected chi connectivity index (χ1v) is 4.61. The fourth-order valence-corrected chi connectivity index (χ4v) is 2.08. The Labute approximate surface area is 94.4 Å². The van der Waals surface area contributed by atoms with Gasteiger partial charge in [0.2, 0.25) is 0 Å². The molecule has 0 nitrogen and oxygen atoms in total. The van der Waals surface area contributed by atoms with Crippen LogP contribution in [0.5, 0.6) is 0 Å². The Hall–Kier alpha value is -1.04. The van der Waals surface area contributed by atoms with Crippen molar-refractivity contribution in [1.82, 2.24) is 0 Å². The summed E-state index contributed by atoms with van der Waals surface area (Å²) >= 11 is 0. The first-order chi connectivity index (χ1) is 6.45. The van der Waals surface area contributed by atoms with Gasteiger partial charge in [-0.3, -0.25) is 0 Å². The predicted molar refractivity (Wildman–Crippen MR) is 54.7 cm³/mol. The van der Waals surface area contributed by atoms with Gasteiger partial charge in [0.25, 0.3) is 0 Å². The van der Waals surface area contributed by atoms with E-state index in [2.05, 4.69) is 48.5 Å². The molecule has 0 amide bonds. The molecular weight excluding hydrogens is 220 g/mol. The van der Waals surface area contributed by atoms with Crippen LogP contribution in [0.3, 0.4) is 0 Å². The Kier molecular flexibility index (Phi) is 2.45. The number of fused-ring (bicyclic) bond motifs is 3.